The summed E-state index contributed by atoms with van der Waals surface area (Å²) in [6, 6.07) is 19.0. The molecule has 1 spiro atoms. The molecule has 7 heteroatoms. The van der Waals surface area contributed by atoms with Gasteiger partial charge in [-0.3, -0.25) is 9.59 Å². The van der Waals surface area contributed by atoms with Crippen LogP contribution in [0.2, 0.25) is 0 Å². The van der Waals surface area contributed by atoms with Gasteiger partial charge in [0.25, 0.3) is 11.8 Å². The summed E-state index contributed by atoms with van der Waals surface area (Å²) >= 11 is 1.33. The van der Waals surface area contributed by atoms with E-state index < -0.39 is 16.5 Å². The Morgan fingerprint density at radius 2 is 1.68 bits per heavy atom. The maximum atomic E-state index is 14.3. The van der Waals surface area contributed by atoms with Gasteiger partial charge >= 0.3 is 0 Å². The normalized spacial score (nSPS) is 19.9. The molecule has 1 unspecified atom stereocenters. The van der Waals surface area contributed by atoms with Gasteiger partial charge in [-0.2, -0.15) is 0 Å². The van der Waals surface area contributed by atoms with Gasteiger partial charge in [-0.05, 0) is 48.0 Å². The molecule has 3 aromatic carbocycles. The van der Waals surface area contributed by atoms with E-state index in [1.165, 1.54) is 53.1 Å². The van der Waals surface area contributed by atoms with Crippen molar-refractivity contribution in [2.75, 3.05) is 17.2 Å². The number of carbonyl (C=O) groups excluding carboxylic acids is 2. The summed E-state index contributed by atoms with van der Waals surface area (Å²) in [5, 5.41) is 0. The van der Waals surface area contributed by atoms with Gasteiger partial charge in [0.15, 0.2) is 4.87 Å². The van der Waals surface area contributed by atoms with Crippen molar-refractivity contribution in [3.8, 4) is 0 Å². The van der Waals surface area contributed by atoms with Gasteiger partial charge in [0, 0.05) is 23.4 Å². The van der Waals surface area contributed by atoms with Crippen LogP contribution in [0, 0.1) is 11.6 Å². The van der Waals surface area contributed by atoms with E-state index in [4.69, 9.17) is 0 Å². The molecule has 2 heterocycles. The number of halogens is 2. The second kappa shape index (κ2) is 7.50. The molecular formula is C24H18F2N2O2S. The summed E-state index contributed by atoms with van der Waals surface area (Å²) in [6.45, 7) is 0.654. The van der Waals surface area contributed by atoms with E-state index in [0.717, 1.165) is 5.56 Å². The molecular weight excluding hydrogens is 418 g/mol. The zero-order valence-corrected chi connectivity index (χ0v) is 17.2. The molecule has 156 valence electrons. The summed E-state index contributed by atoms with van der Waals surface area (Å²) in [4.78, 5) is 29.0. The molecule has 0 bridgehead atoms. The Morgan fingerprint density at radius 3 is 2.42 bits per heavy atom. The maximum Gasteiger partial charge on any atom is 0.268 e. The van der Waals surface area contributed by atoms with Crippen molar-refractivity contribution in [2.24, 2.45) is 0 Å². The predicted octanol–water partition coefficient (Wildman–Crippen LogP) is 4.55. The average Bonchev–Trinajstić information content (AvgIpc) is 3.32. The van der Waals surface area contributed by atoms with Crippen molar-refractivity contribution in [3.63, 3.8) is 0 Å². The molecule has 0 aliphatic carbocycles. The Kier molecular flexibility index (Phi) is 4.78. The monoisotopic (exact) mass is 436 g/mol. The molecule has 2 amide bonds. The maximum absolute atomic E-state index is 14.3. The van der Waals surface area contributed by atoms with Gasteiger partial charge in [-0.1, -0.05) is 30.3 Å². The Labute approximate surface area is 182 Å². The van der Waals surface area contributed by atoms with Gasteiger partial charge in [0.2, 0.25) is 0 Å². The number of benzene rings is 3. The standard InChI is InChI=1S/C24H18F2N2O2S/c25-18-8-6-17(7-9-18)22(29)28-12-13-31-24(28)20-14-19(26)10-11-21(20)27(23(24)30)15-16-4-2-1-3-5-16/h1-11,14H,12-13,15H2. The lowest BCUT2D eigenvalue weighted by Crippen LogP contribution is -2.50. The van der Waals surface area contributed by atoms with Crippen LogP contribution >= 0.6 is 11.8 Å². The summed E-state index contributed by atoms with van der Waals surface area (Å²) in [5.41, 5.74) is 2.30. The van der Waals surface area contributed by atoms with E-state index >= 15 is 0 Å². The topological polar surface area (TPSA) is 40.6 Å². The number of anilines is 1. The van der Waals surface area contributed by atoms with Crippen LogP contribution < -0.4 is 4.90 Å². The van der Waals surface area contributed by atoms with Crippen LogP contribution in [0.3, 0.4) is 0 Å². The fourth-order valence-corrected chi connectivity index (χ4v) is 5.71. The lowest BCUT2D eigenvalue weighted by molar-refractivity contribution is -0.123. The van der Waals surface area contributed by atoms with Gasteiger partial charge in [0.1, 0.15) is 11.6 Å². The van der Waals surface area contributed by atoms with Crippen molar-refractivity contribution >= 4 is 29.3 Å². The minimum atomic E-state index is -1.34. The van der Waals surface area contributed by atoms with Gasteiger partial charge in [-0.25, -0.2) is 8.78 Å². The zero-order valence-electron chi connectivity index (χ0n) is 16.4. The molecule has 0 radical (unpaired) electrons. The number of hydrogen-bond acceptors (Lipinski definition) is 3. The molecule has 1 fully saturated rings. The summed E-state index contributed by atoms with van der Waals surface area (Å²) in [5.74, 6) is -1.02. The predicted molar refractivity (Wildman–Crippen MR) is 116 cm³/mol. The first-order valence-electron chi connectivity index (χ1n) is 9.88. The Hall–Kier alpha value is -3.19. The fourth-order valence-electron chi connectivity index (χ4n) is 4.26. The Bertz CT molecular complexity index is 1170. The van der Waals surface area contributed by atoms with E-state index in [1.807, 2.05) is 30.3 Å². The summed E-state index contributed by atoms with van der Waals surface area (Å²) in [6.07, 6.45) is 0. The van der Waals surface area contributed by atoms with Crippen molar-refractivity contribution in [1.29, 1.82) is 0 Å². The third-order valence-corrected chi connectivity index (χ3v) is 7.09. The smallest absolute Gasteiger partial charge is 0.268 e. The first-order chi connectivity index (χ1) is 15.0. The SMILES string of the molecule is O=C(c1ccc(F)cc1)N1CCSC12C(=O)N(Cc1ccccc1)c1ccc(F)cc12. The molecule has 2 aliphatic heterocycles. The number of amides is 2. The molecule has 1 saturated heterocycles. The fraction of sp³-hybridized carbons (Fsp3) is 0.167. The van der Waals surface area contributed by atoms with Crippen molar-refractivity contribution in [1.82, 2.24) is 4.90 Å². The van der Waals surface area contributed by atoms with Crippen LogP contribution in [-0.4, -0.2) is 29.0 Å². The van der Waals surface area contributed by atoms with E-state index in [-0.39, 0.29) is 17.4 Å². The van der Waals surface area contributed by atoms with Gasteiger partial charge < -0.3 is 9.80 Å². The minimum Gasteiger partial charge on any atom is -0.311 e. The van der Waals surface area contributed by atoms with Crippen molar-refractivity contribution < 1.29 is 18.4 Å². The number of nitrogens with zero attached hydrogens (tertiary/aromatic N) is 2. The zero-order chi connectivity index (χ0) is 21.6. The first kappa shape index (κ1) is 19.8. The average molecular weight is 436 g/mol. The van der Waals surface area contributed by atoms with Crippen LogP contribution in [0.1, 0.15) is 21.5 Å². The van der Waals surface area contributed by atoms with Crippen LogP contribution in [0.15, 0.2) is 72.8 Å². The number of rotatable bonds is 3. The lowest BCUT2D eigenvalue weighted by atomic mass is 10.0. The van der Waals surface area contributed by atoms with Crippen molar-refractivity contribution in [3.05, 3.63) is 101 Å². The van der Waals surface area contributed by atoms with Crippen LogP contribution in [-0.2, 0) is 16.2 Å². The van der Waals surface area contributed by atoms with Crippen molar-refractivity contribution in [2.45, 2.75) is 11.4 Å². The van der Waals surface area contributed by atoms with Crippen LogP contribution in [0.4, 0.5) is 14.5 Å². The molecule has 0 aromatic heterocycles. The third kappa shape index (κ3) is 3.11. The second-order valence-corrected chi connectivity index (χ2v) is 8.78. The Morgan fingerprint density at radius 1 is 0.968 bits per heavy atom. The first-order valence-corrected chi connectivity index (χ1v) is 10.9. The number of thioether (sulfide) groups is 1. The highest BCUT2D eigenvalue weighted by Crippen LogP contribution is 2.54. The number of hydrogen-bond donors (Lipinski definition) is 0. The highest BCUT2D eigenvalue weighted by molar-refractivity contribution is 8.01. The molecule has 0 saturated carbocycles. The summed E-state index contributed by atoms with van der Waals surface area (Å²) < 4.78 is 27.6. The molecule has 4 nitrogen and oxygen atoms in total. The van der Waals surface area contributed by atoms with Gasteiger partial charge in [0.05, 0.1) is 12.2 Å². The molecule has 0 N–H and O–H groups in total. The van der Waals surface area contributed by atoms with Crippen LogP contribution in [0.25, 0.3) is 0 Å². The number of fused-ring (bicyclic) bond motifs is 2. The quantitative estimate of drug-likeness (QED) is 0.605. The number of carbonyl (C=O) groups is 2. The molecule has 3 aromatic rings. The van der Waals surface area contributed by atoms with E-state index in [9.17, 15) is 18.4 Å². The van der Waals surface area contributed by atoms with Crippen LogP contribution in [0.5, 0.6) is 0 Å². The Balaban J connectivity index is 1.60. The molecule has 1 atom stereocenters. The minimum absolute atomic E-state index is 0.269. The molecule has 5 rings (SSSR count). The highest BCUT2D eigenvalue weighted by atomic mass is 32.2. The third-order valence-electron chi connectivity index (χ3n) is 5.68. The molecule has 31 heavy (non-hydrogen) atoms. The van der Waals surface area contributed by atoms with E-state index in [0.29, 0.717) is 30.1 Å². The van der Waals surface area contributed by atoms with Gasteiger partial charge in [-0.15, -0.1) is 11.8 Å². The highest BCUT2D eigenvalue weighted by Gasteiger charge is 2.59. The molecule has 2 aliphatic rings. The van der Waals surface area contributed by atoms with E-state index in [1.54, 1.807) is 11.0 Å². The largest absolute Gasteiger partial charge is 0.311 e. The van der Waals surface area contributed by atoms with E-state index in [2.05, 4.69) is 0 Å². The lowest BCUT2D eigenvalue weighted by Gasteiger charge is -2.33. The second-order valence-electron chi connectivity index (χ2n) is 7.49. The summed E-state index contributed by atoms with van der Waals surface area (Å²) in [7, 11) is 0.